The largest absolute Gasteiger partial charge is 2.00 e. The summed E-state index contributed by atoms with van der Waals surface area (Å²) in [5.41, 5.74) is 0. The molecule has 0 aliphatic heterocycles. The minimum atomic E-state index is 0. The Kier molecular flexibility index (Phi) is 409. The van der Waals surface area contributed by atoms with Gasteiger partial charge in [0.15, 0.2) is 0 Å². The zero-order valence-electron chi connectivity index (χ0n) is 14.3. The van der Waals surface area contributed by atoms with Gasteiger partial charge in [0, 0.05) is 0 Å². The molecule has 0 saturated heterocycles. The normalized spacial score (nSPS) is 4.43. The molecule has 0 unspecified atom stereocenters. The Bertz CT molecular complexity index is 85.1. The fraction of sp³-hybridized carbons (Fsp3) is 0.600. The van der Waals surface area contributed by atoms with E-state index in [1.807, 2.05) is 20.8 Å². The smallest absolute Gasteiger partial charge is 0.425 e. The van der Waals surface area contributed by atoms with Gasteiger partial charge in [-0.2, -0.15) is 40.0 Å². The van der Waals surface area contributed by atoms with Gasteiger partial charge >= 0.3 is 55.7 Å². The van der Waals surface area contributed by atoms with E-state index in [2.05, 4.69) is 73.5 Å². The molecule has 0 bridgehead atoms. The standard InChI is InChI=1S/3C3H5S.3C2H5.3V/c3*1-2-3-4;3*1-2;;;/h3*2H2,1H3;3*1H2,2H3;;;/q6*-1;3*+2. The van der Waals surface area contributed by atoms with Crippen LogP contribution >= 0.6 is 36.7 Å². The van der Waals surface area contributed by atoms with Crippen LogP contribution in [0.2, 0.25) is 0 Å². The van der Waals surface area contributed by atoms with E-state index in [1.165, 1.54) is 0 Å². The van der Waals surface area contributed by atoms with Crippen LogP contribution in [0.5, 0.6) is 0 Å². The molecule has 0 saturated carbocycles. The molecule has 0 amide bonds. The molecule has 0 nitrogen and oxygen atoms in total. The summed E-state index contributed by atoms with van der Waals surface area (Å²) < 4.78 is 0. The van der Waals surface area contributed by atoms with Gasteiger partial charge in [-0.05, 0) is 0 Å². The summed E-state index contributed by atoms with van der Waals surface area (Å²) in [7, 11) is 0. The molecular weight excluding hydrogens is 429 g/mol. The molecule has 0 aromatic rings. The van der Waals surface area contributed by atoms with Gasteiger partial charge < -0.3 is 73.5 Å². The maximum absolute atomic E-state index is 4.30. The minimum Gasteiger partial charge on any atom is -0.425 e. The molecule has 0 N–H and O–H groups in total. The third-order valence-corrected chi connectivity index (χ3v) is 1.30. The van der Waals surface area contributed by atoms with Crippen molar-refractivity contribution in [2.45, 2.75) is 60.8 Å². The van der Waals surface area contributed by atoms with E-state index >= 15 is 0 Å². The summed E-state index contributed by atoms with van der Waals surface area (Å²) in [6.07, 6.45) is 2.65. The number of thiocarbonyl (C=S) groups is 3. The Morgan fingerprint density at radius 1 is 0.524 bits per heavy atom. The van der Waals surface area contributed by atoms with Crippen LogP contribution in [0, 0.1) is 20.8 Å². The Morgan fingerprint density at radius 2 is 0.571 bits per heavy atom. The van der Waals surface area contributed by atoms with Gasteiger partial charge in [-0.25, -0.2) is 0 Å². The Hall–Kier alpha value is 2.02. The first-order chi connectivity index (χ1) is 8.74. The molecule has 6 heteroatoms. The van der Waals surface area contributed by atoms with Gasteiger partial charge in [0.05, 0.1) is 0 Å². The molecule has 0 atom stereocenters. The number of rotatable bonds is 3. The second-order valence-corrected chi connectivity index (χ2v) is 2.36. The average molecular weight is 459 g/mol. The van der Waals surface area contributed by atoms with Crippen LogP contribution in [0.15, 0.2) is 0 Å². The van der Waals surface area contributed by atoms with Crippen LogP contribution < -0.4 is 0 Å². The van der Waals surface area contributed by atoms with Crippen molar-refractivity contribution >= 4 is 52.8 Å². The quantitative estimate of drug-likeness (QED) is 0.358. The molecule has 123 valence electrons. The Labute approximate surface area is 188 Å². The molecule has 0 spiro atoms. The summed E-state index contributed by atoms with van der Waals surface area (Å²) in [4.78, 5) is 0. The van der Waals surface area contributed by atoms with Crippen LogP contribution in [0.4, 0.5) is 0 Å². The first-order valence-electron chi connectivity index (χ1n) is 5.92. The predicted molar refractivity (Wildman–Crippen MR) is 102 cm³/mol. The SMILES string of the molecule is CC[C-]=S.CC[C-]=S.CC[C-]=S.[CH2-]C.[CH2-]C.[CH2-]C.[V+2].[V+2].[V+2]. The predicted octanol–water partition coefficient (Wildman–Crippen LogP) is 6.33. The second-order valence-electron chi connectivity index (χ2n) is 1.49. The van der Waals surface area contributed by atoms with E-state index in [4.69, 9.17) is 0 Å². The molecule has 0 heterocycles. The van der Waals surface area contributed by atoms with Crippen molar-refractivity contribution < 1.29 is 55.7 Å². The molecule has 0 aromatic carbocycles. The van der Waals surface area contributed by atoms with Crippen molar-refractivity contribution in [1.29, 1.82) is 0 Å². The molecule has 0 aromatic heterocycles. The fourth-order valence-electron chi connectivity index (χ4n) is 0. The molecule has 3 radical (unpaired) electrons. The summed E-state index contributed by atoms with van der Waals surface area (Å²) in [5, 5.41) is 7.54. The van der Waals surface area contributed by atoms with Crippen molar-refractivity contribution in [2.24, 2.45) is 0 Å². The van der Waals surface area contributed by atoms with Gasteiger partial charge in [-0.15, -0.1) is 0 Å². The molecule has 0 aliphatic carbocycles. The summed E-state index contributed by atoms with van der Waals surface area (Å²) in [6, 6.07) is 0. The molecule has 21 heavy (non-hydrogen) atoms. The molecular formula is C15H30S3V3. The van der Waals surface area contributed by atoms with Gasteiger partial charge in [-0.3, -0.25) is 0 Å². The van der Waals surface area contributed by atoms with Crippen LogP contribution in [0.3, 0.4) is 0 Å². The van der Waals surface area contributed by atoms with Crippen molar-refractivity contribution in [3.05, 3.63) is 20.8 Å². The summed E-state index contributed by atoms with van der Waals surface area (Å²) in [5.74, 6) is 0. The van der Waals surface area contributed by atoms with E-state index in [0.29, 0.717) is 0 Å². The van der Waals surface area contributed by atoms with Gasteiger partial charge in [0.2, 0.25) is 0 Å². The maximum atomic E-state index is 4.30. The van der Waals surface area contributed by atoms with E-state index in [1.54, 1.807) is 20.8 Å². The molecule has 0 rings (SSSR count). The minimum absolute atomic E-state index is 0. The van der Waals surface area contributed by atoms with Gasteiger partial charge in [0.25, 0.3) is 0 Å². The van der Waals surface area contributed by atoms with Crippen molar-refractivity contribution in [3.63, 3.8) is 0 Å². The van der Waals surface area contributed by atoms with Crippen molar-refractivity contribution in [1.82, 2.24) is 0 Å². The second kappa shape index (κ2) is 151. The van der Waals surface area contributed by atoms with Crippen molar-refractivity contribution in [2.75, 3.05) is 0 Å². The third kappa shape index (κ3) is 350. The van der Waals surface area contributed by atoms with Crippen LogP contribution in [0.25, 0.3) is 0 Å². The Balaban J connectivity index is -0.0000000118. The first kappa shape index (κ1) is 56.8. The van der Waals surface area contributed by atoms with Crippen molar-refractivity contribution in [3.8, 4) is 0 Å². The third-order valence-electron chi connectivity index (χ3n) is 0.433. The van der Waals surface area contributed by atoms with E-state index in [9.17, 15) is 0 Å². The topological polar surface area (TPSA) is 0 Å². The molecule has 0 fully saturated rings. The van der Waals surface area contributed by atoms with Gasteiger partial charge in [-0.1, -0.05) is 20.8 Å². The fourth-order valence-corrected chi connectivity index (χ4v) is 0. The number of hydrogen-bond acceptors (Lipinski definition) is 3. The monoisotopic (exact) mass is 459 g/mol. The molecule has 0 aliphatic rings. The zero-order valence-corrected chi connectivity index (χ0v) is 20.9. The van der Waals surface area contributed by atoms with E-state index in [-0.39, 0.29) is 55.7 Å². The maximum Gasteiger partial charge on any atom is 2.00 e. The van der Waals surface area contributed by atoms with Crippen LogP contribution in [0.1, 0.15) is 60.8 Å². The van der Waals surface area contributed by atoms with Gasteiger partial charge in [0.1, 0.15) is 0 Å². The summed E-state index contributed by atoms with van der Waals surface area (Å²) >= 11 is 12.9. The Morgan fingerprint density at radius 3 is 0.571 bits per heavy atom. The van der Waals surface area contributed by atoms with Crippen LogP contribution in [-0.2, 0) is 55.7 Å². The summed E-state index contributed by atoms with van der Waals surface area (Å²) in [6.45, 7) is 20.9. The zero-order chi connectivity index (χ0) is 16.2. The van der Waals surface area contributed by atoms with E-state index < -0.39 is 0 Å². The first-order valence-corrected chi connectivity index (χ1v) is 7.14. The average Bonchev–Trinajstić information content (AvgIpc) is 2.53. The van der Waals surface area contributed by atoms with E-state index in [0.717, 1.165) is 19.3 Å². The number of hydrogen-bond donors (Lipinski definition) is 0. The van der Waals surface area contributed by atoms with Crippen LogP contribution in [-0.4, -0.2) is 16.1 Å².